The van der Waals surface area contributed by atoms with E-state index in [-0.39, 0.29) is 0 Å². The van der Waals surface area contributed by atoms with E-state index in [4.69, 9.17) is 11.6 Å². The molecule has 1 heterocycles. The van der Waals surface area contributed by atoms with Gasteiger partial charge in [-0.15, -0.1) is 0 Å². The summed E-state index contributed by atoms with van der Waals surface area (Å²) in [6, 6.07) is 9.92. The molecule has 3 heteroatoms. The summed E-state index contributed by atoms with van der Waals surface area (Å²) in [5, 5.41) is 3.85. The summed E-state index contributed by atoms with van der Waals surface area (Å²) in [4.78, 5) is 4.23. The molecule has 0 aliphatic rings. The van der Waals surface area contributed by atoms with Crippen molar-refractivity contribution in [2.24, 2.45) is 0 Å². The number of hydrogen-bond donors (Lipinski definition) is 1. The number of nitrogens with zero attached hydrogens (tertiary/aromatic N) is 1. The Hall–Kier alpha value is -1.38. The Bertz CT molecular complexity index is 483. The van der Waals surface area contributed by atoms with E-state index < -0.39 is 0 Å². The molecule has 0 aliphatic carbocycles. The Labute approximate surface area is 100 Å². The summed E-state index contributed by atoms with van der Waals surface area (Å²) < 4.78 is 0. The fourth-order valence-corrected chi connectivity index (χ4v) is 1.80. The van der Waals surface area contributed by atoms with E-state index in [1.54, 1.807) is 0 Å². The van der Waals surface area contributed by atoms with Crippen LogP contribution in [0.3, 0.4) is 0 Å². The van der Waals surface area contributed by atoms with Crippen LogP contribution in [-0.2, 0) is 6.54 Å². The van der Waals surface area contributed by atoms with Gasteiger partial charge >= 0.3 is 0 Å². The second-order valence-electron chi connectivity index (χ2n) is 3.62. The lowest BCUT2D eigenvalue weighted by Gasteiger charge is -2.04. The normalized spacial score (nSPS) is 10.4. The first kappa shape index (κ1) is 11.1. The number of rotatable bonds is 3. The number of aromatic nitrogens is 1. The monoisotopic (exact) mass is 232 g/mol. The largest absolute Gasteiger partial charge is 0.316 e. The van der Waals surface area contributed by atoms with Crippen molar-refractivity contribution in [3.05, 3.63) is 53.3 Å². The highest BCUT2D eigenvalue weighted by molar-refractivity contribution is 6.30. The first-order valence-corrected chi connectivity index (χ1v) is 5.52. The van der Waals surface area contributed by atoms with E-state index in [0.717, 1.165) is 22.7 Å². The second-order valence-corrected chi connectivity index (χ2v) is 4.06. The molecule has 82 valence electrons. The average molecular weight is 233 g/mol. The van der Waals surface area contributed by atoms with Crippen LogP contribution in [0.15, 0.2) is 42.7 Å². The van der Waals surface area contributed by atoms with E-state index in [2.05, 4.69) is 16.4 Å². The van der Waals surface area contributed by atoms with Gasteiger partial charge in [0.2, 0.25) is 0 Å². The Morgan fingerprint density at radius 2 is 2.06 bits per heavy atom. The molecule has 0 bridgehead atoms. The Morgan fingerprint density at radius 1 is 1.19 bits per heavy atom. The van der Waals surface area contributed by atoms with Crippen molar-refractivity contribution in [3.63, 3.8) is 0 Å². The molecule has 0 amide bonds. The zero-order valence-electron chi connectivity index (χ0n) is 9.07. The Balaban J connectivity index is 2.36. The van der Waals surface area contributed by atoms with Crippen molar-refractivity contribution in [1.29, 1.82) is 0 Å². The van der Waals surface area contributed by atoms with Gasteiger partial charge in [0, 0.05) is 29.5 Å². The minimum Gasteiger partial charge on any atom is -0.316 e. The number of benzene rings is 1. The highest BCUT2D eigenvalue weighted by atomic mass is 35.5. The molecule has 2 nitrogen and oxygen atoms in total. The number of pyridine rings is 1. The molecular formula is C13H13ClN2. The predicted octanol–water partition coefficient (Wildman–Crippen LogP) is 3.12. The van der Waals surface area contributed by atoms with Gasteiger partial charge in [-0.25, -0.2) is 0 Å². The lowest BCUT2D eigenvalue weighted by Crippen LogP contribution is -2.05. The molecule has 0 fully saturated rings. The first-order chi connectivity index (χ1) is 7.79. The highest BCUT2D eigenvalue weighted by Crippen LogP contribution is 2.22. The minimum atomic E-state index is 0.747. The van der Waals surface area contributed by atoms with Crippen LogP contribution in [0, 0.1) is 0 Å². The lowest BCUT2D eigenvalue weighted by atomic mass is 10.1. The van der Waals surface area contributed by atoms with Gasteiger partial charge in [0.05, 0.1) is 0 Å². The molecule has 1 aromatic heterocycles. The molecule has 0 unspecified atom stereocenters. The lowest BCUT2D eigenvalue weighted by molar-refractivity contribution is 0.813. The fourth-order valence-electron chi connectivity index (χ4n) is 1.61. The van der Waals surface area contributed by atoms with Crippen LogP contribution < -0.4 is 5.32 Å². The molecule has 2 aromatic rings. The van der Waals surface area contributed by atoms with Crippen LogP contribution in [0.1, 0.15) is 5.56 Å². The summed E-state index contributed by atoms with van der Waals surface area (Å²) in [5.74, 6) is 0. The van der Waals surface area contributed by atoms with Gasteiger partial charge in [-0.1, -0.05) is 23.7 Å². The molecular weight excluding hydrogens is 220 g/mol. The molecule has 0 saturated heterocycles. The molecule has 0 atom stereocenters. The first-order valence-electron chi connectivity index (χ1n) is 5.14. The fraction of sp³-hybridized carbons (Fsp3) is 0.154. The van der Waals surface area contributed by atoms with Gasteiger partial charge in [0.15, 0.2) is 0 Å². The third-order valence-corrected chi connectivity index (χ3v) is 2.57. The molecule has 1 N–H and O–H groups in total. The third kappa shape index (κ3) is 2.60. The zero-order valence-corrected chi connectivity index (χ0v) is 9.83. The van der Waals surface area contributed by atoms with Crippen molar-refractivity contribution < 1.29 is 0 Å². The maximum absolute atomic E-state index is 5.96. The minimum absolute atomic E-state index is 0.747. The van der Waals surface area contributed by atoms with E-state index >= 15 is 0 Å². The Morgan fingerprint density at radius 3 is 2.81 bits per heavy atom. The standard InChI is InChI=1S/C13H13ClN2/c1-15-7-10-5-12(9-16-8-10)11-3-2-4-13(14)6-11/h2-6,8-9,15H,7H2,1H3. The number of hydrogen-bond acceptors (Lipinski definition) is 2. The van der Waals surface area contributed by atoms with Crippen molar-refractivity contribution >= 4 is 11.6 Å². The highest BCUT2D eigenvalue weighted by Gasteiger charge is 2.00. The summed E-state index contributed by atoms with van der Waals surface area (Å²) in [7, 11) is 1.92. The van der Waals surface area contributed by atoms with Gasteiger partial charge in [-0.05, 0) is 36.4 Å². The molecule has 0 aliphatic heterocycles. The molecule has 0 spiro atoms. The summed E-state index contributed by atoms with van der Waals surface area (Å²) in [6.45, 7) is 0.821. The van der Waals surface area contributed by atoms with Crippen LogP contribution in [0.4, 0.5) is 0 Å². The molecule has 16 heavy (non-hydrogen) atoms. The average Bonchev–Trinajstić information content (AvgIpc) is 2.30. The van der Waals surface area contributed by atoms with Gasteiger partial charge in [0.25, 0.3) is 0 Å². The number of halogens is 1. The maximum Gasteiger partial charge on any atom is 0.0412 e. The Kier molecular flexibility index (Phi) is 3.54. The second kappa shape index (κ2) is 5.10. The van der Waals surface area contributed by atoms with Crippen molar-refractivity contribution in [3.8, 4) is 11.1 Å². The van der Waals surface area contributed by atoms with E-state index in [9.17, 15) is 0 Å². The van der Waals surface area contributed by atoms with E-state index in [1.807, 2.05) is 43.7 Å². The summed E-state index contributed by atoms with van der Waals surface area (Å²) in [6.07, 6.45) is 3.72. The number of nitrogens with one attached hydrogen (secondary N) is 1. The molecule has 0 radical (unpaired) electrons. The molecule has 1 aromatic carbocycles. The third-order valence-electron chi connectivity index (χ3n) is 2.33. The summed E-state index contributed by atoms with van der Waals surface area (Å²) in [5.41, 5.74) is 3.35. The predicted molar refractivity (Wildman–Crippen MR) is 67.4 cm³/mol. The van der Waals surface area contributed by atoms with Crippen molar-refractivity contribution in [1.82, 2.24) is 10.3 Å². The van der Waals surface area contributed by atoms with Crippen molar-refractivity contribution in [2.75, 3.05) is 7.05 Å². The van der Waals surface area contributed by atoms with Crippen LogP contribution in [0.25, 0.3) is 11.1 Å². The van der Waals surface area contributed by atoms with Gasteiger partial charge < -0.3 is 5.32 Å². The van der Waals surface area contributed by atoms with Gasteiger partial charge in [-0.3, -0.25) is 4.98 Å². The maximum atomic E-state index is 5.96. The zero-order chi connectivity index (χ0) is 11.4. The van der Waals surface area contributed by atoms with Crippen LogP contribution >= 0.6 is 11.6 Å². The molecule has 2 rings (SSSR count). The van der Waals surface area contributed by atoms with Gasteiger partial charge in [-0.2, -0.15) is 0 Å². The topological polar surface area (TPSA) is 24.9 Å². The van der Waals surface area contributed by atoms with E-state index in [1.165, 1.54) is 5.56 Å². The van der Waals surface area contributed by atoms with Crippen LogP contribution in [-0.4, -0.2) is 12.0 Å². The summed E-state index contributed by atoms with van der Waals surface area (Å²) >= 11 is 5.96. The smallest absolute Gasteiger partial charge is 0.0412 e. The van der Waals surface area contributed by atoms with Gasteiger partial charge in [0.1, 0.15) is 0 Å². The van der Waals surface area contributed by atoms with E-state index in [0.29, 0.717) is 0 Å². The quantitative estimate of drug-likeness (QED) is 0.880. The molecule has 0 saturated carbocycles. The van der Waals surface area contributed by atoms with Crippen molar-refractivity contribution in [2.45, 2.75) is 6.54 Å². The van der Waals surface area contributed by atoms with Crippen LogP contribution in [0.5, 0.6) is 0 Å². The SMILES string of the molecule is CNCc1cncc(-c2cccc(Cl)c2)c1. The van der Waals surface area contributed by atoms with Crippen LogP contribution in [0.2, 0.25) is 5.02 Å².